The summed E-state index contributed by atoms with van der Waals surface area (Å²) in [6.45, 7) is 6.86. The summed E-state index contributed by atoms with van der Waals surface area (Å²) < 4.78 is 32.1. The normalized spacial score (nSPS) is 15.4. The maximum Gasteiger partial charge on any atom is 0.335 e. The van der Waals surface area contributed by atoms with Crippen molar-refractivity contribution in [1.82, 2.24) is 4.98 Å². The molecule has 0 aliphatic carbocycles. The van der Waals surface area contributed by atoms with Gasteiger partial charge in [0.25, 0.3) is 0 Å². The Hall–Kier alpha value is -3.30. The van der Waals surface area contributed by atoms with Gasteiger partial charge in [0, 0.05) is 18.2 Å². The number of carboxylic acid groups (broad SMARTS) is 1. The van der Waals surface area contributed by atoms with E-state index in [1.165, 1.54) is 19.1 Å². The van der Waals surface area contributed by atoms with Crippen LogP contribution in [0.25, 0.3) is 22.4 Å². The highest BCUT2D eigenvalue weighted by molar-refractivity contribution is 7.43. The van der Waals surface area contributed by atoms with Gasteiger partial charge in [0.05, 0.1) is 11.4 Å². The van der Waals surface area contributed by atoms with Gasteiger partial charge >= 0.3 is 5.97 Å². The minimum Gasteiger partial charge on any atom is -0.480 e. The Kier molecular flexibility index (Phi) is 8.39. The third kappa shape index (κ3) is 4.73. The zero-order valence-electron chi connectivity index (χ0n) is 21.5. The van der Waals surface area contributed by atoms with Crippen molar-refractivity contribution in [3.63, 3.8) is 0 Å². The smallest absolute Gasteiger partial charge is 0.335 e. The molecule has 0 radical (unpaired) electrons. The number of nitrogens with zero attached hydrogens (tertiary/aromatic N) is 1. The molecule has 0 aliphatic heterocycles. The summed E-state index contributed by atoms with van der Waals surface area (Å²) in [4.78, 5) is 17.6. The van der Waals surface area contributed by atoms with E-state index in [-0.39, 0.29) is 11.5 Å². The maximum atomic E-state index is 14.0. The molecule has 3 aromatic rings. The molecule has 2 aromatic carbocycles. The fraction of sp³-hybridized carbons (Fsp3) is 0.310. The van der Waals surface area contributed by atoms with Crippen LogP contribution in [0.2, 0.25) is 0 Å². The number of hydrogen-bond donors (Lipinski definition) is 2. The summed E-state index contributed by atoms with van der Waals surface area (Å²) in [5.41, 5.74) is 1.28. The number of pyridine rings is 1. The van der Waals surface area contributed by atoms with Crippen LogP contribution in [0.4, 0.5) is 4.39 Å². The quantitative estimate of drug-likeness (QED) is 0.263. The van der Waals surface area contributed by atoms with E-state index in [4.69, 9.17) is 15.9 Å². The van der Waals surface area contributed by atoms with Gasteiger partial charge in [-0.1, -0.05) is 69.2 Å². The Morgan fingerprint density at radius 2 is 1.76 bits per heavy atom. The first kappa shape index (κ1) is 28.3. The minimum atomic E-state index is -3.53. The monoisotopic (exact) mass is 523 g/mol. The second kappa shape index (κ2) is 11.0. The number of carbonyl (C=O) groups is 1. The van der Waals surface area contributed by atoms with Crippen molar-refractivity contribution < 1.29 is 28.5 Å². The van der Waals surface area contributed by atoms with E-state index >= 15 is 0 Å². The third-order valence-electron chi connectivity index (χ3n) is 6.65. The Bertz CT molecular complexity index is 1360. The molecular weight excluding hydrogens is 492 g/mol. The zero-order chi connectivity index (χ0) is 27.5. The number of terminal acetylenes is 1. The van der Waals surface area contributed by atoms with Gasteiger partial charge in [-0.05, 0) is 48.1 Å². The standard InChI is InChI=1S/C29H31FNO5P/c1-7-22-23(19-14-16-21(30)17-15-19)24(28(5,34)29(8-2,27(32)33)37(35)36-6)25(18(3)4)31-26(22)20-12-10-9-11-13-20/h2,9-18,34,37H,7H2,1,3-6H3,(H,32,33). The topological polar surface area (TPSA) is 96.7 Å². The zero-order valence-corrected chi connectivity index (χ0v) is 22.5. The van der Waals surface area contributed by atoms with Crippen LogP contribution in [0.5, 0.6) is 0 Å². The van der Waals surface area contributed by atoms with Crippen LogP contribution in [0.3, 0.4) is 0 Å². The van der Waals surface area contributed by atoms with Crippen LogP contribution in [0.15, 0.2) is 54.6 Å². The van der Waals surface area contributed by atoms with E-state index in [0.29, 0.717) is 34.5 Å². The molecule has 3 rings (SSSR count). The molecule has 0 fully saturated rings. The summed E-state index contributed by atoms with van der Waals surface area (Å²) >= 11 is 0. The van der Waals surface area contributed by atoms with E-state index < -0.39 is 30.6 Å². The van der Waals surface area contributed by atoms with E-state index in [9.17, 15) is 24.0 Å². The predicted octanol–water partition coefficient (Wildman–Crippen LogP) is 6.03. The molecule has 3 unspecified atom stereocenters. The van der Waals surface area contributed by atoms with Crippen molar-refractivity contribution in [2.24, 2.45) is 0 Å². The number of aliphatic carboxylic acids is 1. The van der Waals surface area contributed by atoms with Crippen molar-refractivity contribution in [3.05, 3.63) is 77.2 Å². The summed E-state index contributed by atoms with van der Waals surface area (Å²) in [5, 5.41) is 19.9. The van der Waals surface area contributed by atoms with Crippen molar-refractivity contribution in [2.75, 3.05) is 7.11 Å². The predicted molar refractivity (Wildman–Crippen MR) is 143 cm³/mol. The number of rotatable bonds is 9. The maximum absolute atomic E-state index is 14.0. The van der Waals surface area contributed by atoms with E-state index in [0.717, 1.165) is 12.7 Å². The summed E-state index contributed by atoms with van der Waals surface area (Å²) in [5.74, 6) is -0.301. The Labute approximate surface area is 217 Å². The average Bonchev–Trinajstić information content (AvgIpc) is 2.88. The van der Waals surface area contributed by atoms with Crippen LogP contribution in [-0.2, 0) is 25.9 Å². The lowest BCUT2D eigenvalue weighted by Gasteiger charge is -2.40. The van der Waals surface area contributed by atoms with Gasteiger partial charge in [-0.2, -0.15) is 0 Å². The molecule has 0 aliphatic rings. The number of aromatic nitrogens is 1. The molecule has 3 atom stereocenters. The molecule has 0 saturated carbocycles. The van der Waals surface area contributed by atoms with Crippen LogP contribution in [0.1, 0.15) is 50.4 Å². The average molecular weight is 524 g/mol. The fourth-order valence-electron chi connectivity index (χ4n) is 4.76. The largest absolute Gasteiger partial charge is 0.480 e. The highest BCUT2D eigenvalue weighted by Gasteiger charge is 2.60. The molecule has 8 heteroatoms. The number of halogens is 1. The van der Waals surface area contributed by atoms with Crippen molar-refractivity contribution in [2.45, 2.75) is 50.8 Å². The summed E-state index contributed by atoms with van der Waals surface area (Å²) in [6, 6.07) is 15.1. The van der Waals surface area contributed by atoms with Gasteiger partial charge in [-0.25, -0.2) is 9.18 Å². The Balaban J connectivity index is 2.63. The molecule has 0 bridgehead atoms. The Morgan fingerprint density at radius 3 is 2.22 bits per heavy atom. The van der Waals surface area contributed by atoms with Crippen molar-refractivity contribution >= 4 is 14.0 Å². The molecule has 0 spiro atoms. The molecule has 37 heavy (non-hydrogen) atoms. The summed E-state index contributed by atoms with van der Waals surface area (Å²) in [7, 11) is -2.44. The molecule has 0 saturated heterocycles. The first-order chi connectivity index (χ1) is 17.5. The SMILES string of the molecule is C#CC(C(=O)O)([PH](=O)OC)C(C)(O)c1c(C(C)C)nc(-c2ccccc2)c(CC)c1-c1ccc(F)cc1. The highest BCUT2D eigenvalue weighted by Crippen LogP contribution is 2.55. The molecule has 2 N–H and O–H groups in total. The van der Waals surface area contributed by atoms with Crippen molar-refractivity contribution in [3.8, 4) is 34.7 Å². The van der Waals surface area contributed by atoms with E-state index in [1.54, 1.807) is 12.1 Å². The molecule has 6 nitrogen and oxygen atoms in total. The second-order valence-electron chi connectivity index (χ2n) is 9.22. The van der Waals surface area contributed by atoms with Crippen molar-refractivity contribution in [1.29, 1.82) is 0 Å². The number of benzene rings is 2. The summed E-state index contributed by atoms with van der Waals surface area (Å²) in [6.07, 6.45) is 6.17. The molecule has 194 valence electrons. The molecule has 1 aromatic heterocycles. The fourth-order valence-corrected chi connectivity index (χ4v) is 5.88. The highest BCUT2D eigenvalue weighted by atomic mass is 31.1. The van der Waals surface area contributed by atoms with Gasteiger partial charge in [-0.3, -0.25) is 9.55 Å². The first-order valence-electron chi connectivity index (χ1n) is 11.9. The minimum absolute atomic E-state index is 0.126. The molecular formula is C29H31FNO5P. The third-order valence-corrected chi connectivity index (χ3v) is 8.48. The Morgan fingerprint density at radius 1 is 1.16 bits per heavy atom. The molecule has 0 amide bonds. The van der Waals surface area contributed by atoms with Crippen LogP contribution >= 0.6 is 8.03 Å². The van der Waals surface area contributed by atoms with Gasteiger partial charge in [0.15, 0.2) is 0 Å². The molecule has 1 heterocycles. The number of hydrogen-bond acceptors (Lipinski definition) is 5. The van der Waals surface area contributed by atoms with Crippen LogP contribution < -0.4 is 0 Å². The van der Waals surface area contributed by atoms with Crippen LogP contribution in [-0.4, -0.2) is 33.4 Å². The lowest BCUT2D eigenvalue weighted by Crippen LogP contribution is -2.53. The van der Waals surface area contributed by atoms with E-state index in [1.807, 2.05) is 51.1 Å². The lowest BCUT2D eigenvalue weighted by atomic mass is 9.74. The van der Waals surface area contributed by atoms with Crippen LogP contribution in [0, 0.1) is 18.2 Å². The van der Waals surface area contributed by atoms with Gasteiger partial charge in [0.2, 0.25) is 13.2 Å². The van der Waals surface area contributed by atoms with E-state index in [2.05, 4.69) is 5.92 Å². The van der Waals surface area contributed by atoms with Gasteiger partial charge in [0.1, 0.15) is 11.4 Å². The lowest BCUT2D eigenvalue weighted by molar-refractivity contribution is -0.145. The van der Waals surface area contributed by atoms with Gasteiger partial charge in [-0.15, -0.1) is 6.42 Å². The van der Waals surface area contributed by atoms with Gasteiger partial charge < -0.3 is 14.7 Å². The number of aliphatic hydroxyl groups is 1. The number of carboxylic acids is 1. The second-order valence-corrected chi connectivity index (χ2v) is 11.0. The first-order valence-corrected chi connectivity index (χ1v) is 13.2.